The summed E-state index contributed by atoms with van der Waals surface area (Å²) in [4.78, 5) is 28.1. The van der Waals surface area contributed by atoms with Crippen LogP contribution in [-0.2, 0) is 9.63 Å². The lowest BCUT2D eigenvalue weighted by Gasteiger charge is -2.49. The normalized spacial score (nSPS) is 23.7. The van der Waals surface area contributed by atoms with Crippen LogP contribution < -0.4 is 5.73 Å². The number of rotatable bonds is 4. The van der Waals surface area contributed by atoms with Crippen LogP contribution in [0.25, 0.3) is 10.9 Å². The molecular formula is C19H21F4N4O3+. The van der Waals surface area contributed by atoms with Crippen LogP contribution in [0.15, 0.2) is 18.3 Å². The van der Waals surface area contributed by atoms with Crippen molar-refractivity contribution in [2.24, 2.45) is 5.73 Å². The summed E-state index contributed by atoms with van der Waals surface area (Å²) in [7, 11) is 0. The van der Waals surface area contributed by atoms with E-state index in [0.29, 0.717) is 44.2 Å². The highest BCUT2D eigenvalue weighted by molar-refractivity contribution is 6.04. The number of hydroxylamine groups is 3. The maximum atomic E-state index is 13.7. The van der Waals surface area contributed by atoms with Crippen molar-refractivity contribution in [3.05, 3.63) is 29.7 Å². The molecule has 30 heavy (non-hydrogen) atoms. The molecule has 0 radical (unpaired) electrons. The number of carbonyl (C=O) groups is 2. The van der Waals surface area contributed by atoms with Crippen LogP contribution in [0.3, 0.4) is 0 Å². The van der Waals surface area contributed by atoms with Crippen LogP contribution in [0.2, 0.25) is 0 Å². The first-order valence-corrected chi connectivity index (χ1v) is 9.75. The van der Waals surface area contributed by atoms with Gasteiger partial charge < -0.3 is 5.73 Å². The second-order valence-corrected chi connectivity index (χ2v) is 7.98. The van der Waals surface area contributed by atoms with Crippen molar-refractivity contribution in [1.29, 1.82) is 0 Å². The molecule has 162 valence electrons. The Bertz CT molecular complexity index is 992. The number of halogens is 4. The zero-order valence-corrected chi connectivity index (χ0v) is 16.0. The molecule has 1 aliphatic heterocycles. The third-order valence-electron chi connectivity index (χ3n) is 6.05. The third-order valence-corrected chi connectivity index (χ3v) is 6.05. The third kappa shape index (κ3) is 3.62. The highest BCUT2D eigenvalue weighted by Crippen LogP contribution is 2.43. The summed E-state index contributed by atoms with van der Waals surface area (Å²) in [6, 6.07) is 1.83. The number of nitrogens with two attached hydrogens (primary N) is 1. The molecule has 0 unspecified atom stereocenters. The maximum Gasteiger partial charge on any atom is 0.497 e. The topological polar surface area (TPSA) is 87.2 Å². The number of benzene rings is 1. The number of likely N-dealkylation sites (tertiary alicyclic amines) is 1. The van der Waals surface area contributed by atoms with E-state index in [9.17, 15) is 27.2 Å². The van der Waals surface area contributed by atoms with Crippen molar-refractivity contribution in [3.8, 4) is 0 Å². The quantitative estimate of drug-likeness (QED) is 0.598. The first kappa shape index (κ1) is 20.6. The monoisotopic (exact) mass is 429 g/mol. The minimum atomic E-state index is -5.04. The molecule has 11 heteroatoms. The smallest absolute Gasteiger partial charge is 0.366 e. The number of quaternary nitrogens is 1. The van der Waals surface area contributed by atoms with Gasteiger partial charge in [-0.1, -0.05) is 0 Å². The van der Waals surface area contributed by atoms with E-state index in [1.54, 1.807) is 10.9 Å². The van der Waals surface area contributed by atoms with E-state index in [2.05, 4.69) is 5.10 Å². The summed E-state index contributed by atoms with van der Waals surface area (Å²) in [5, 5.41) is 4.77. The van der Waals surface area contributed by atoms with E-state index in [1.807, 2.05) is 0 Å². The molecule has 0 spiro atoms. The van der Waals surface area contributed by atoms with Crippen molar-refractivity contribution in [2.45, 2.75) is 50.4 Å². The lowest BCUT2D eigenvalue weighted by Crippen LogP contribution is -2.63. The first-order chi connectivity index (χ1) is 14.1. The van der Waals surface area contributed by atoms with Crippen LogP contribution in [0.5, 0.6) is 0 Å². The van der Waals surface area contributed by atoms with Crippen LogP contribution in [-0.4, -0.2) is 51.6 Å². The van der Waals surface area contributed by atoms with Crippen molar-refractivity contribution in [2.75, 3.05) is 13.1 Å². The molecule has 2 fully saturated rings. The standard InChI is InChI=1S/C19H20F4N4O3/c20-12-6-11-10-26(25-16(11)15(7-12)17(24)28)13-8-14(9-13)27(4-2-1-3-5-27)30-18(29)19(21,22)23/h6-7,10,13-14H,1-5,8-9H2,(H-,24,28)/p+1. The highest BCUT2D eigenvalue weighted by atomic mass is 19.4. The maximum absolute atomic E-state index is 13.7. The van der Waals surface area contributed by atoms with Gasteiger partial charge in [0.1, 0.15) is 30.5 Å². The Morgan fingerprint density at radius 3 is 2.43 bits per heavy atom. The summed E-state index contributed by atoms with van der Waals surface area (Å²) < 4.78 is 53.4. The molecule has 1 amide bonds. The molecular weight excluding hydrogens is 408 g/mol. The predicted molar refractivity (Wildman–Crippen MR) is 96.3 cm³/mol. The van der Waals surface area contributed by atoms with Gasteiger partial charge in [-0.3, -0.25) is 14.3 Å². The zero-order valence-electron chi connectivity index (χ0n) is 16.0. The Labute approximate surface area is 168 Å². The van der Waals surface area contributed by atoms with Crippen LogP contribution >= 0.6 is 0 Å². The Morgan fingerprint density at radius 1 is 1.17 bits per heavy atom. The summed E-state index contributed by atoms with van der Waals surface area (Å²) in [6.07, 6.45) is -0.306. The van der Waals surface area contributed by atoms with Gasteiger partial charge in [-0.15, -0.1) is 4.65 Å². The number of primary amides is 1. The fourth-order valence-electron chi connectivity index (χ4n) is 4.45. The van der Waals surface area contributed by atoms with Gasteiger partial charge in [0.25, 0.3) is 5.91 Å². The Kier molecular flexibility index (Phi) is 4.95. The van der Waals surface area contributed by atoms with Crippen molar-refractivity contribution >= 4 is 22.8 Å². The van der Waals surface area contributed by atoms with Gasteiger partial charge in [-0.05, 0) is 18.6 Å². The van der Waals surface area contributed by atoms with E-state index in [4.69, 9.17) is 10.6 Å². The SMILES string of the molecule is NC(=O)c1cc(F)cc2cn(C3CC([N+]4(OC(=O)C(F)(F)F)CCCCC4)C3)nc12. The van der Waals surface area contributed by atoms with Crippen molar-refractivity contribution < 1.29 is 36.6 Å². The summed E-state index contributed by atoms with van der Waals surface area (Å²) in [5.74, 6) is -3.58. The molecule has 0 bridgehead atoms. The molecule has 2 aliphatic rings. The van der Waals surface area contributed by atoms with Gasteiger partial charge in [-0.2, -0.15) is 18.3 Å². The molecule has 1 aromatic carbocycles. The average molecular weight is 429 g/mol. The van der Waals surface area contributed by atoms with Gasteiger partial charge >= 0.3 is 12.1 Å². The number of fused-ring (bicyclic) bond motifs is 1. The number of carbonyl (C=O) groups excluding carboxylic acids is 2. The van der Waals surface area contributed by atoms with E-state index in [0.717, 1.165) is 12.5 Å². The van der Waals surface area contributed by atoms with E-state index < -0.39 is 23.9 Å². The summed E-state index contributed by atoms with van der Waals surface area (Å²) in [6.45, 7) is 0.689. The van der Waals surface area contributed by atoms with E-state index in [-0.39, 0.29) is 27.8 Å². The van der Waals surface area contributed by atoms with E-state index in [1.165, 1.54) is 6.07 Å². The number of nitrogens with zero attached hydrogens (tertiary/aromatic N) is 3. The van der Waals surface area contributed by atoms with Crippen molar-refractivity contribution in [1.82, 2.24) is 9.78 Å². The molecule has 1 saturated carbocycles. The number of aromatic nitrogens is 2. The summed E-state index contributed by atoms with van der Waals surface area (Å²) >= 11 is 0. The molecule has 4 rings (SSSR count). The lowest BCUT2D eigenvalue weighted by atomic mass is 9.84. The van der Waals surface area contributed by atoms with Gasteiger partial charge in [0.05, 0.1) is 11.6 Å². The Balaban J connectivity index is 1.54. The second-order valence-electron chi connectivity index (χ2n) is 7.98. The minimum Gasteiger partial charge on any atom is -0.366 e. The number of amides is 1. The lowest BCUT2D eigenvalue weighted by molar-refractivity contribution is -1.11. The molecule has 1 saturated heterocycles. The van der Waals surface area contributed by atoms with Gasteiger partial charge in [-0.25, -0.2) is 9.18 Å². The fourth-order valence-corrected chi connectivity index (χ4v) is 4.45. The highest BCUT2D eigenvalue weighted by Gasteiger charge is 2.55. The van der Waals surface area contributed by atoms with Gasteiger partial charge in [0, 0.05) is 37.3 Å². The Morgan fingerprint density at radius 2 is 1.83 bits per heavy atom. The number of hydrogen-bond donors (Lipinski definition) is 1. The summed E-state index contributed by atoms with van der Waals surface area (Å²) in [5.41, 5.74) is 5.55. The molecule has 2 N–H and O–H groups in total. The van der Waals surface area contributed by atoms with Gasteiger partial charge in [0.15, 0.2) is 0 Å². The van der Waals surface area contributed by atoms with E-state index >= 15 is 0 Å². The zero-order chi connectivity index (χ0) is 21.7. The Hall–Kier alpha value is -2.69. The largest absolute Gasteiger partial charge is 0.497 e. The minimum absolute atomic E-state index is 0.0294. The number of piperidine rings is 1. The average Bonchev–Trinajstić information content (AvgIpc) is 3.02. The molecule has 1 aliphatic carbocycles. The van der Waals surface area contributed by atoms with Crippen molar-refractivity contribution in [3.63, 3.8) is 0 Å². The van der Waals surface area contributed by atoms with Crippen LogP contribution in [0.1, 0.15) is 48.5 Å². The molecule has 7 nitrogen and oxygen atoms in total. The first-order valence-electron chi connectivity index (χ1n) is 9.75. The second kappa shape index (κ2) is 7.22. The molecule has 0 atom stereocenters. The molecule has 2 aromatic rings. The number of alkyl halides is 3. The fraction of sp³-hybridized carbons (Fsp3) is 0.526. The molecule has 1 aromatic heterocycles. The van der Waals surface area contributed by atoms with Crippen LogP contribution in [0.4, 0.5) is 17.6 Å². The predicted octanol–water partition coefficient (Wildman–Crippen LogP) is 3.00. The molecule has 2 heterocycles. The number of hydrogen-bond acceptors (Lipinski definition) is 4. The van der Waals surface area contributed by atoms with Gasteiger partial charge in [0.2, 0.25) is 0 Å². The van der Waals surface area contributed by atoms with Crippen LogP contribution in [0, 0.1) is 5.82 Å².